The van der Waals surface area contributed by atoms with E-state index in [0.717, 1.165) is 23.5 Å². The lowest BCUT2D eigenvalue weighted by Crippen LogP contribution is -2.37. The summed E-state index contributed by atoms with van der Waals surface area (Å²) in [5, 5.41) is 4.31. The number of hydrogen-bond acceptors (Lipinski definition) is 2. The molecule has 1 unspecified atom stereocenters. The van der Waals surface area contributed by atoms with Crippen molar-refractivity contribution in [3.63, 3.8) is 0 Å². The molecule has 1 aliphatic carbocycles. The first-order valence-corrected chi connectivity index (χ1v) is 8.44. The van der Waals surface area contributed by atoms with Gasteiger partial charge in [0.05, 0.1) is 0 Å². The van der Waals surface area contributed by atoms with Gasteiger partial charge in [0.2, 0.25) is 0 Å². The van der Waals surface area contributed by atoms with Gasteiger partial charge in [0, 0.05) is 29.8 Å². The number of nitrogens with one attached hydrogen (secondary N) is 1. The van der Waals surface area contributed by atoms with E-state index in [1.54, 1.807) is 0 Å². The molecular formula is C17H25ClN2. The highest BCUT2D eigenvalue weighted by atomic mass is 35.5. The van der Waals surface area contributed by atoms with Crippen LogP contribution in [0.4, 0.5) is 5.69 Å². The molecule has 0 bridgehead atoms. The zero-order chi connectivity index (χ0) is 13.8. The summed E-state index contributed by atoms with van der Waals surface area (Å²) in [6, 6.07) is 8.87. The fourth-order valence-corrected chi connectivity index (χ4v) is 4.04. The van der Waals surface area contributed by atoms with Gasteiger partial charge in [-0.2, -0.15) is 0 Å². The molecule has 1 saturated carbocycles. The third-order valence-electron chi connectivity index (χ3n) is 4.93. The number of rotatable bonds is 5. The molecule has 110 valence electrons. The maximum atomic E-state index is 5.91. The van der Waals surface area contributed by atoms with Crippen LogP contribution in [0.1, 0.15) is 38.5 Å². The van der Waals surface area contributed by atoms with Gasteiger partial charge in [-0.05, 0) is 62.4 Å². The molecule has 1 atom stereocenters. The molecule has 1 aromatic rings. The predicted molar refractivity (Wildman–Crippen MR) is 86.5 cm³/mol. The second-order valence-corrected chi connectivity index (χ2v) is 6.66. The standard InChI is InChI=1S/C17H25ClN2/c18-15-7-9-16(10-8-15)19-11-13-20-12-3-6-17(20)14-4-1-2-5-14/h7-10,14,17,19H,1-6,11-13H2. The predicted octanol–water partition coefficient (Wildman–Crippen LogP) is 4.41. The quantitative estimate of drug-likeness (QED) is 0.865. The number of anilines is 1. The Labute approximate surface area is 127 Å². The fourth-order valence-electron chi connectivity index (χ4n) is 3.92. The summed E-state index contributed by atoms with van der Waals surface area (Å²) in [4.78, 5) is 2.72. The Kier molecular flexibility index (Phi) is 4.85. The van der Waals surface area contributed by atoms with Crippen molar-refractivity contribution >= 4 is 17.3 Å². The molecule has 0 radical (unpaired) electrons. The normalized spacial score (nSPS) is 24.4. The molecule has 0 amide bonds. The molecular weight excluding hydrogens is 268 g/mol. The van der Waals surface area contributed by atoms with Gasteiger partial charge in [0.1, 0.15) is 0 Å². The molecule has 3 heteroatoms. The molecule has 20 heavy (non-hydrogen) atoms. The van der Waals surface area contributed by atoms with Crippen LogP contribution in [0.5, 0.6) is 0 Å². The van der Waals surface area contributed by atoms with Crippen molar-refractivity contribution in [1.82, 2.24) is 4.90 Å². The molecule has 1 N–H and O–H groups in total. The fraction of sp³-hybridized carbons (Fsp3) is 0.647. The SMILES string of the molecule is Clc1ccc(NCCN2CCCC2C2CCCC2)cc1. The Balaban J connectivity index is 1.46. The minimum Gasteiger partial charge on any atom is -0.384 e. The number of halogens is 1. The van der Waals surface area contributed by atoms with Gasteiger partial charge in [-0.3, -0.25) is 4.90 Å². The van der Waals surface area contributed by atoms with Gasteiger partial charge in [0.25, 0.3) is 0 Å². The maximum Gasteiger partial charge on any atom is 0.0407 e. The van der Waals surface area contributed by atoms with E-state index < -0.39 is 0 Å². The van der Waals surface area contributed by atoms with Gasteiger partial charge >= 0.3 is 0 Å². The van der Waals surface area contributed by atoms with Crippen molar-refractivity contribution in [3.05, 3.63) is 29.3 Å². The highest BCUT2D eigenvalue weighted by Gasteiger charge is 2.32. The topological polar surface area (TPSA) is 15.3 Å². The third-order valence-corrected chi connectivity index (χ3v) is 5.18. The van der Waals surface area contributed by atoms with Crippen LogP contribution in [0.15, 0.2) is 24.3 Å². The van der Waals surface area contributed by atoms with Gasteiger partial charge in [-0.1, -0.05) is 24.4 Å². The summed E-state index contributed by atoms with van der Waals surface area (Å²) >= 11 is 5.91. The summed E-state index contributed by atoms with van der Waals surface area (Å²) in [5.41, 5.74) is 1.17. The molecule has 0 spiro atoms. The van der Waals surface area contributed by atoms with E-state index in [2.05, 4.69) is 22.3 Å². The molecule has 2 nitrogen and oxygen atoms in total. The van der Waals surface area contributed by atoms with Crippen molar-refractivity contribution < 1.29 is 0 Å². The number of likely N-dealkylation sites (tertiary alicyclic amines) is 1. The van der Waals surface area contributed by atoms with Crippen LogP contribution in [-0.2, 0) is 0 Å². The maximum absolute atomic E-state index is 5.91. The van der Waals surface area contributed by atoms with Crippen molar-refractivity contribution in [1.29, 1.82) is 0 Å². The number of benzene rings is 1. The summed E-state index contributed by atoms with van der Waals surface area (Å²) in [6.45, 7) is 3.50. The first-order chi connectivity index (χ1) is 9.83. The Bertz CT molecular complexity index is 412. The smallest absolute Gasteiger partial charge is 0.0407 e. The van der Waals surface area contributed by atoms with E-state index >= 15 is 0 Å². The minimum atomic E-state index is 0.802. The van der Waals surface area contributed by atoms with Gasteiger partial charge < -0.3 is 5.32 Å². The lowest BCUT2D eigenvalue weighted by molar-refractivity contribution is 0.197. The number of hydrogen-bond donors (Lipinski definition) is 1. The minimum absolute atomic E-state index is 0.802. The van der Waals surface area contributed by atoms with Crippen molar-refractivity contribution in [2.75, 3.05) is 25.0 Å². The van der Waals surface area contributed by atoms with Crippen LogP contribution in [-0.4, -0.2) is 30.6 Å². The Hall–Kier alpha value is -0.730. The Morgan fingerprint density at radius 3 is 2.55 bits per heavy atom. The van der Waals surface area contributed by atoms with E-state index in [-0.39, 0.29) is 0 Å². The van der Waals surface area contributed by atoms with Crippen LogP contribution < -0.4 is 5.32 Å². The zero-order valence-electron chi connectivity index (χ0n) is 12.2. The molecule has 1 aromatic carbocycles. The third kappa shape index (κ3) is 3.48. The van der Waals surface area contributed by atoms with Gasteiger partial charge in [-0.15, -0.1) is 0 Å². The first kappa shape index (κ1) is 14.2. The van der Waals surface area contributed by atoms with Crippen LogP contribution in [0, 0.1) is 5.92 Å². The largest absolute Gasteiger partial charge is 0.384 e. The number of nitrogens with zero attached hydrogens (tertiary/aromatic N) is 1. The van der Waals surface area contributed by atoms with E-state index in [9.17, 15) is 0 Å². The van der Waals surface area contributed by atoms with Crippen molar-refractivity contribution in [3.8, 4) is 0 Å². The van der Waals surface area contributed by atoms with E-state index in [4.69, 9.17) is 11.6 Å². The lowest BCUT2D eigenvalue weighted by atomic mass is 9.96. The van der Waals surface area contributed by atoms with Gasteiger partial charge in [-0.25, -0.2) is 0 Å². The molecule has 0 aromatic heterocycles. The van der Waals surface area contributed by atoms with E-state index in [1.807, 2.05) is 12.1 Å². The Morgan fingerprint density at radius 1 is 1.05 bits per heavy atom. The molecule has 1 aliphatic heterocycles. The molecule has 2 fully saturated rings. The summed E-state index contributed by atoms with van der Waals surface area (Å²) in [7, 11) is 0. The zero-order valence-corrected chi connectivity index (χ0v) is 12.9. The first-order valence-electron chi connectivity index (χ1n) is 8.06. The van der Waals surface area contributed by atoms with E-state index in [1.165, 1.54) is 57.3 Å². The van der Waals surface area contributed by atoms with Crippen LogP contribution in [0.25, 0.3) is 0 Å². The molecule has 1 heterocycles. The highest BCUT2D eigenvalue weighted by molar-refractivity contribution is 6.30. The molecule has 3 rings (SSSR count). The second-order valence-electron chi connectivity index (χ2n) is 6.22. The monoisotopic (exact) mass is 292 g/mol. The van der Waals surface area contributed by atoms with Crippen molar-refractivity contribution in [2.24, 2.45) is 5.92 Å². The summed E-state index contributed by atoms with van der Waals surface area (Å²) in [6.07, 6.45) is 8.65. The van der Waals surface area contributed by atoms with Crippen LogP contribution in [0.3, 0.4) is 0 Å². The molecule has 2 aliphatic rings. The Morgan fingerprint density at radius 2 is 1.80 bits per heavy atom. The average molecular weight is 293 g/mol. The average Bonchev–Trinajstić information content (AvgIpc) is 3.11. The van der Waals surface area contributed by atoms with E-state index in [0.29, 0.717) is 0 Å². The highest BCUT2D eigenvalue weighted by Crippen LogP contribution is 2.35. The molecule has 1 saturated heterocycles. The lowest BCUT2D eigenvalue weighted by Gasteiger charge is -2.29. The summed E-state index contributed by atoms with van der Waals surface area (Å²) in [5.74, 6) is 0.980. The van der Waals surface area contributed by atoms with Crippen LogP contribution in [0.2, 0.25) is 5.02 Å². The second kappa shape index (κ2) is 6.82. The van der Waals surface area contributed by atoms with Gasteiger partial charge in [0.15, 0.2) is 0 Å². The van der Waals surface area contributed by atoms with Crippen molar-refractivity contribution in [2.45, 2.75) is 44.6 Å². The van der Waals surface area contributed by atoms with Crippen LogP contribution >= 0.6 is 11.6 Å². The summed E-state index contributed by atoms with van der Waals surface area (Å²) < 4.78 is 0.